The molecule has 9 nitrogen and oxygen atoms in total. The number of benzene rings is 3. The summed E-state index contributed by atoms with van der Waals surface area (Å²) in [6.45, 7) is 5.90. The lowest BCUT2D eigenvalue weighted by Gasteiger charge is -2.16. The van der Waals surface area contributed by atoms with Gasteiger partial charge < -0.3 is 20.1 Å². The summed E-state index contributed by atoms with van der Waals surface area (Å²) in [5.74, 6) is 0.948. The summed E-state index contributed by atoms with van der Waals surface area (Å²) >= 11 is 5.44. The van der Waals surface area contributed by atoms with Gasteiger partial charge in [0, 0.05) is 38.1 Å². The van der Waals surface area contributed by atoms with E-state index in [0.717, 1.165) is 23.2 Å². The van der Waals surface area contributed by atoms with Crippen LogP contribution in [0.3, 0.4) is 0 Å². The molecule has 4 N–H and O–H groups in total. The van der Waals surface area contributed by atoms with Gasteiger partial charge in [0.2, 0.25) is 5.95 Å². The molecule has 0 saturated carbocycles. The van der Waals surface area contributed by atoms with Crippen molar-refractivity contribution in [2.45, 2.75) is 39.1 Å². The van der Waals surface area contributed by atoms with Gasteiger partial charge in [-0.05, 0) is 66.0 Å². The number of hydrogen-bond acceptors (Lipinski definition) is 7. The van der Waals surface area contributed by atoms with Crippen LogP contribution < -0.4 is 26.2 Å². The maximum Gasteiger partial charge on any atom is 0.573 e. The van der Waals surface area contributed by atoms with E-state index in [0.29, 0.717) is 48.2 Å². The lowest BCUT2D eigenvalue weighted by Crippen LogP contribution is -2.39. The molecule has 4 rings (SSSR count). The summed E-state index contributed by atoms with van der Waals surface area (Å²) in [5.41, 5.74) is 10.6. The Bertz CT molecular complexity index is 1480. The second-order valence-corrected chi connectivity index (χ2v) is 10.3. The van der Waals surface area contributed by atoms with Crippen LogP contribution in [0, 0.1) is 0 Å². The topological polar surface area (TPSA) is 97.3 Å². The normalized spacial score (nSPS) is 11.4. The van der Waals surface area contributed by atoms with Crippen LogP contribution in [0.4, 0.5) is 24.8 Å². The maximum absolute atomic E-state index is 12.6. The van der Waals surface area contributed by atoms with Gasteiger partial charge in [0.25, 0.3) is 0 Å². The molecule has 4 aromatic rings. The van der Waals surface area contributed by atoms with Crippen molar-refractivity contribution in [1.82, 2.24) is 25.6 Å². The van der Waals surface area contributed by atoms with E-state index in [1.807, 2.05) is 42.5 Å². The summed E-state index contributed by atoms with van der Waals surface area (Å²) in [6, 6.07) is 21.2. The Morgan fingerprint density at radius 2 is 1.72 bits per heavy atom. The zero-order valence-corrected chi connectivity index (χ0v) is 24.9. The van der Waals surface area contributed by atoms with Crippen LogP contribution in [0.25, 0.3) is 17.1 Å². The molecule has 0 saturated heterocycles. The minimum atomic E-state index is -4.77. The van der Waals surface area contributed by atoms with E-state index in [1.54, 1.807) is 11.8 Å². The van der Waals surface area contributed by atoms with Gasteiger partial charge in [-0.15, -0.1) is 18.3 Å². The maximum atomic E-state index is 12.6. The number of alkyl halides is 3. The highest BCUT2D eigenvalue weighted by Crippen LogP contribution is 2.26. The fourth-order valence-corrected chi connectivity index (χ4v) is 4.38. The Labute approximate surface area is 253 Å². The molecule has 0 aliphatic carbocycles. The molecule has 13 heteroatoms. The van der Waals surface area contributed by atoms with E-state index < -0.39 is 6.36 Å². The monoisotopic (exact) mass is 613 g/mol. The first-order valence-corrected chi connectivity index (χ1v) is 14.1. The number of ether oxygens (including phenoxy) is 2. The third-order valence-corrected chi connectivity index (χ3v) is 6.47. The van der Waals surface area contributed by atoms with Crippen LogP contribution in [0.5, 0.6) is 5.75 Å². The molecule has 0 bridgehead atoms. The molecule has 0 fully saturated rings. The van der Waals surface area contributed by atoms with Crippen molar-refractivity contribution in [1.29, 1.82) is 0 Å². The van der Waals surface area contributed by atoms with Gasteiger partial charge in [0.1, 0.15) is 5.75 Å². The zero-order chi connectivity index (χ0) is 30.8. The van der Waals surface area contributed by atoms with Crippen LogP contribution >= 0.6 is 12.2 Å². The Morgan fingerprint density at radius 3 is 2.40 bits per heavy atom. The summed E-state index contributed by atoms with van der Waals surface area (Å²) in [4.78, 5) is 4.65. The van der Waals surface area contributed by atoms with Crippen molar-refractivity contribution in [3.8, 4) is 22.8 Å². The summed E-state index contributed by atoms with van der Waals surface area (Å²) in [7, 11) is 1.62. The smallest absolute Gasteiger partial charge is 0.406 e. The quantitative estimate of drug-likeness (QED) is 0.0777. The molecule has 43 heavy (non-hydrogen) atoms. The average molecular weight is 614 g/mol. The minimum Gasteiger partial charge on any atom is -0.406 e. The number of halogens is 3. The first-order chi connectivity index (χ1) is 20.6. The van der Waals surface area contributed by atoms with Gasteiger partial charge in [-0.2, -0.15) is 9.67 Å². The van der Waals surface area contributed by atoms with Crippen LogP contribution in [0.2, 0.25) is 0 Å². The number of anilines is 2. The molecule has 1 aromatic heterocycles. The number of rotatable bonds is 13. The first kappa shape index (κ1) is 31.7. The van der Waals surface area contributed by atoms with Gasteiger partial charge in [-0.25, -0.2) is 5.43 Å². The van der Waals surface area contributed by atoms with Crippen molar-refractivity contribution in [3.63, 3.8) is 0 Å². The minimum absolute atomic E-state index is 0.318. The molecule has 228 valence electrons. The second kappa shape index (κ2) is 14.8. The Balaban J connectivity index is 1.41. The van der Waals surface area contributed by atoms with Gasteiger partial charge in [0.05, 0.1) is 5.69 Å². The van der Waals surface area contributed by atoms with Crippen LogP contribution in [-0.4, -0.2) is 46.5 Å². The molecular formula is C30H34F3N7O2S. The first-order valence-electron chi connectivity index (χ1n) is 13.7. The third-order valence-electron chi connectivity index (χ3n) is 6.27. The summed E-state index contributed by atoms with van der Waals surface area (Å²) < 4.78 is 48.4. The Hall–Kier alpha value is -4.20. The SMILES string of the molecule is COCCCNc1nc(-c2ccc(CNNC(=S)Nc3ccccc3C(C)C)cc2)nn1-c1ccc(OC(F)(F)F)cc1. The largest absolute Gasteiger partial charge is 0.573 e. The zero-order valence-electron chi connectivity index (χ0n) is 24.0. The van der Waals surface area contributed by atoms with Gasteiger partial charge >= 0.3 is 6.36 Å². The Kier molecular flexibility index (Phi) is 10.9. The van der Waals surface area contributed by atoms with Gasteiger partial charge in [-0.3, -0.25) is 5.43 Å². The number of methoxy groups -OCH3 is 1. The second-order valence-electron chi connectivity index (χ2n) is 9.86. The van der Waals surface area contributed by atoms with Crippen molar-refractivity contribution in [3.05, 3.63) is 83.9 Å². The molecular weight excluding hydrogens is 579 g/mol. The number of hydrogen-bond donors (Lipinski definition) is 4. The third kappa shape index (κ3) is 9.40. The average Bonchev–Trinajstić information content (AvgIpc) is 3.39. The van der Waals surface area contributed by atoms with Crippen molar-refractivity contribution >= 4 is 29.0 Å². The summed E-state index contributed by atoms with van der Waals surface area (Å²) in [5, 5.41) is 11.5. The lowest BCUT2D eigenvalue weighted by molar-refractivity contribution is -0.274. The molecule has 0 amide bonds. The number of nitrogens with zero attached hydrogens (tertiary/aromatic N) is 3. The van der Waals surface area contributed by atoms with Crippen LogP contribution in [0.1, 0.15) is 37.3 Å². The van der Waals surface area contributed by atoms with E-state index in [1.165, 1.54) is 29.8 Å². The highest BCUT2D eigenvalue weighted by atomic mass is 32.1. The summed E-state index contributed by atoms with van der Waals surface area (Å²) in [6.07, 6.45) is -4.04. The molecule has 3 aromatic carbocycles. The van der Waals surface area contributed by atoms with Crippen LogP contribution in [-0.2, 0) is 11.3 Å². The Morgan fingerprint density at radius 1 is 1.00 bits per heavy atom. The molecule has 1 heterocycles. The fraction of sp³-hybridized carbons (Fsp3) is 0.300. The lowest BCUT2D eigenvalue weighted by atomic mass is 10.0. The molecule has 0 spiro atoms. The number of hydrazine groups is 1. The predicted molar refractivity (Wildman–Crippen MR) is 165 cm³/mol. The number of aromatic nitrogens is 3. The molecule has 0 radical (unpaired) electrons. The van der Waals surface area contributed by atoms with Crippen molar-refractivity contribution in [2.75, 3.05) is 30.9 Å². The number of thiocarbonyl (C=S) groups is 1. The van der Waals surface area contributed by atoms with Crippen molar-refractivity contribution < 1.29 is 22.6 Å². The highest BCUT2D eigenvalue weighted by molar-refractivity contribution is 7.80. The molecule has 0 unspecified atom stereocenters. The molecule has 0 atom stereocenters. The van der Waals surface area contributed by atoms with E-state index in [2.05, 4.69) is 56.2 Å². The van der Waals surface area contributed by atoms with E-state index >= 15 is 0 Å². The van der Waals surface area contributed by atoms with E-state index in [4.69, 9.17) is 17.0 Å². The number of nitrogens with one attached hydrogen (secondary N) is 4. The van der Waals surface area contributed by atoms with Gasteiger partial charge in [-0.1, -0.05) is 56.3 Å². The van der Waals surface area contributed by atoms with E-state index in [9.17, 15) is 13.2 Å². The number of para-hydroxylation sites is 1. The predicted octanol–water partition coefficient (Wildman–Crippen LogP) is 6.40. The molecule has 0 aliphatic heterocycles. The van der Waals surface area contributed by atoms with E-state index in [-0.39, 0.29) is 5.75 Å². The highest BCUT2D eigenvalue weighted by Gasteiger charge is 2.31. The van der Waals surface area contributed by atoms with Gasteiger partial charge in [0.15, 0.2) is 10.9 Å². The molecule has 0 aliphatic rings. The standard InChI is InChI=1S/C30H34F3N7O2S/c1-20(2)25-7-4-5-8-26(25)36-29(43)38-35-19-21-9-11-22(12-10-21)27-37-28(34-17-6-18-41-3)40(39-27)23-13-15-24(16-14-23)42-30(31,32)33/h4-5,7-16,20,35H,6,17-19H2,1-3H3,(H,34,37,39)(H2,36,38,43). The van der Waals surface area contributed by atoms with Crippen molar-refractivity contribution in [2.24, 2.45) is 0 Å². The fourth-order valence-electron chi connectivity index (χ4n) is 4.20. The van der Waals surface area contributed by atoms with Crippen LogP contribution in [0.15, 0.2) is 72.8 Å².